The van der Waals surface area contributed by atoms with Gasteiger partial charge in [0.2, 0.25) is 0 Å². The number of carboxylic acid groups (broad SMARTS) is 1. The normalized spacial score (nSPS) is 32.0. The first kappa shape index (κ1) is 7.63. The van der Waals surface area contributed by atoms with Gasteiger partial charge in [-0.3, -0.25) is 4.79 Å². The van der Waals surface area contributed by atoms with E-state index >= 15 is 0 Å². The van der Waals surface area contributed by atoms with E-state index in [9.17, 15) is 4.79 Å². The van der Waals surface area contributed by atoms with Crippen molar-refractivity contribution >= 4 is 17.7 Å². The van der Waals surface area contributed by atoms with Crippen LogP contribution in [0.2, 0.25) is 0 Å². The molecule has 0 aromatic rings. The zero-order chi connectivity index (χ0) is 7.72. The number of hydrogen-bond donors (Lipinski definition) is 2. The van der Waals surface area contributed by atoms with Crippen molar-refractivity contribution in [1.29, 1.82) is 0 Å². The van der Waals surface area contributed by atoms with Gasteiger partial charge in [-0.15, -0.1) is 11.8 Å². The van der Waals surface area contributed by atoms with Crippen molar-refractivity contribution in [3.63, 3.8) is 0 Å². The third-order valence-electron chi connectivity index (χ3n) is 1.27. The summed E-state index contributed by atoms with van der Waals surface area (Å²) in [4.78, 5) is 11.2. The van der Waals surface area contributed by atoms with E-state index in [0.29, 0.717) is 0 Å². The summed E-state index contributed by atoms with van der Waals surface area (Å²) in [5.41, 5.74) is 0. The maximum Gasteiger partial charge on any atom is 0.320 e. The molecule has 1 aliphatic rings. The maximum atomic E-state index is 10.3. The van der Waals surface area contributed by atoms with Crippen molar-refractivity contribution in [3.8, 4) is 0 Å². The molecule has 0 saturated carbocycles. The first-order valence-corrected chi connectivity index (χ1v) is 3.75. The molecule has 0 amide bonds. The molecule has 4 heteroatoms. The Balaban J connectivity index is 2.63. The zero-order valence-electron chi connectivity index (χ0n) is 5.44. The van der Waals surface area contributed by atoms with Crippen LogP contribution < -0.4 is 0 Å². The fraction of sp³-hybridized carbons (Fsp3) is 0.500. The fourth-order valence-corrected chi connectivity index (χ4v) is 1.77. The summed E-state index contributed by atoms with van der Waals surface area (Å²) < 4.78 is 0. The van der Waals surface area contributed by atoms with E-state index in [2.05, 4.69) is 0 Å². The highest BCUT2D eigenvalue weighted by atomic mass is 32.2. The first-order valence-electron chi connectivity index (χ1n) is 2.87. The highest BCUT2D eigenvalue weighted by molar-refractivity contribution is 8.04. The Labute approximate surface area is 62.7 Å². The van der Waals surface area contributed by atoms with Gasteiger partial charge in [0, 0.05) is 0 Å². The van der Waals surface area contributed by atoms with Crippen LogP contribution in [0.5, 0.6) is 0 Å². The molecule has 2 atom stereocenters. The van der Waals surface area contributed by atoms with E-state index < -0.39 is 17.3 Å². The maximum absolute atomic E-state index is 10.3. The Kier molecular flexibility index (Phi) is 2.01. The highest BCUT2D eigenvalue weighted by Crippen LogP contribution is 2.31. The lowest BCUT2D eigenvalue weighted by molar-refractivity contribution is -0.137. The summed E-state index contributed by atoms with van der Waals surface area (Å²) in [6.45, 7) is 1.79. The third kappa shape index (κ3) is 1.33. The second-order valence-corrected chi connectivity index (χ2v) is 3.53. The molecular formula is C6H8O3S. The average molecular weight is 160 g/mol. The number of aliphatic hydroxyl groups is 1. The van der Waals surface area contributed by atoms with Gasteiger partial charge in [0.05, 0.1) is 6.10 Å². The van der Waals surface area contributed by atoms with Crippen LogP contribution in [0.25, 0.3) is 0 Å². The zero-order valence-corrected chi connectivity index (χ0v) is 6.26. The Morgan fingerprint density at radius 1 is 1.80 bits per heavy atom. The molecule has 3 nitrogen and oxygen atoms in total. The number of thioether (sulfide) groups is 1. The third-order valence-corrected chi connectivity index (χ3v) is 2.51. The molecule has 0 bridgehead atoms. The van der Waals surface area contributed by atoms with Crippen molar-refractivity contribution < 1.29 is 15.0 Å². The van der Waals surface area contributed by atoms with E-state index in [1.54, 1.807) is 13.0 Å². The van der Waals surface area contributed by atoms with Crippen molar-refractivity contribution in [2.45, 2.75) is 18.3 Å². The summed E-state index contributed by atoms with van der Waals surface area (Å²) >= 11 is 1.19. The fourth-order valence-electron chi connectivity index (χ4n) is 0.834. The highest BCUT2D eigenvalue weighted by Gasteiger charge is 2.30. The lowest BCUT2D eigenvalue weighted by atomic mass is 10.2. The summed E-state index contributed by atoms with van der Waals surface area (Å²) in [5.74, 6) is -0.953. The van der Waals surface area contributed by atoms with Gasteiger partial charge in [-0.2, -0.15) is 0 Å². The number of carboxylic acids is 1. The van der Waals surface area contributed by atoms with Crippen molar-refractivity contribution in [1.82, 2.24) is 0 Å². The quantitative estimate of drug-likeness (QED) is 0.584. The van der Waals surface area contributed by atoms with Crippen LogP contribution in [0.1, 0.15) is 6.92 Å². The van der Waals surface area contributed by atoms with E-state index in [-0.39, 0.29) is 0 Å². The predicted octanol–water partition coefficient (Wildman–Crippen LogP) is 0.451. The number of aliphatic hydroxyl groups excluding tert-OH is 1. The molecule has 0 aromatic carbocycles. The Morgan fingerprint density at radius 3 is 2.60 bits per heavy atom. The lowest BCUT2D eigenvalue weighted by Crippen LogP contribution is -2.25. The molecule has 0 aliphatic carbocycles. The molecule has 0 radical (unpaired) electrons. The average Bonchev–Trinajstić information content (AvgIpc) is 2.10. The second-order valence-electron chi connectivity index (χ2n) is 2.14. The Morgan fingerprint density at radius 2 is 2.40 bits per heavy atom. The van der Waals surface area contributed by atoms with Crippen LogP contribution >= 0.6 is 11.8 Å². The molecule has 0 fully saturated rings. The number of allylic oxidation sites excluding steroid dienone is 1. The molecule has 1 heterocycles. The van der Waals surface area contributed by atoms with E-state index in [4.69, 9.17) is 10.2 Å². The van der Waals surface area contributed by atoms with Gasteiger partial charge in [-0.25, -0.2) is 0 Å². The standard InChI is InChI=1S/C6H8O3S/c1-3-2-4(7)5(10-3)6(8)9/h2,4-5,7H,1H3,(H,8,9). The molecule has 56 valence electrons. The van der Waals surface area contributed by atoms with Crippen molar-refractivity contribution in [3.05, 3.63) is 11.0 Å². The van der Waals surface area contributed by atoms with Crippen molar-refractivity contribution in [2.24, 2.45) is 0 Å². The minimum absolute atomic E-state index is 0.694. The smallest absolute Gasteiger partial charge is 0.320 e. The first-order chi connectivity index (χ1) is 4.61. The predicted molar refractivity (Wildman–Crippen MR) is 38.8 cm³/mol. The molecule has 2 N–H and O–H groups in total. The largest absolute Gasteiger partial charge is 0.480 e. The molecule has 0 aromatic heterocycles. The van der Waals surface area contributed by atoms with E-state index in [1.807, 2.05) is 0 Å². The summed E-state index contributed by atoms with van der Waals surface area (Å²) in [6.07, 6.45) is 0.742. The molecule has 2 unspecified atom stereocenters. The Bertz CT molecular complexity index is 187. The van der Waals surface area contributed by atoms with Crippen LogP contribution in [-0.2, 0) is 4.79 Å². The van der Waals surface area contributed by atoms with Crippen molar-refractivity contribution in [2.75, 3.05) is 0 Å². The number of rotatable bonds is 1. The summed E-state index contributed by atoms with van der Waals surface area (Å²) in [6, 6.07) is 0. The molecule has 1 rings (SSSR count). The molecule has 0 spiro atoms. The second kappa shape index (κ2) is 2.64. The topological polar surface area (TPSA) is 57.5 Å². The number of hydrogen-bond acceptors (Lipinski definition) is 3. The van der Waals surface area contributed by atoms with Gasteiger partial charge in [0.25, 0.3) is 0 Å². The molecule has 0 saturated heterocycles. The van der Waals surface area contributed by atoms with Gasteiger partial charge in [-0.05, 0) is 17.9 Å². The lowest BCUT2D eigenvalue weighted by Gasteiger charge is -2.06. The van der Waals surface area contributed by atoms with Crippen LogP contribution in [0.3, 0.4) is 0 Å². The molecule has 1 aliphatic heterocycles. The van der Waals surface area contributed by atoms with E-state index in [0.717, 1.165) is 4.91 Å². The minimum atomic E-state index is -0.953. The van der Waals surface area contributed by atoms with Gasteiger partial charge in [-0.1, -0.05) is 0 Å². The van der Waals surface area contributed by atoms with Gasteiger partial charge in [0.15, 0.2) is 0 Å². The summed E-state index contributed by atoms with van der Waals surface area (Å²) in [5, 5.41) is 16.8. The van der Waals surface area contributed by atoms with E-state index in [1.165, 1.54) is 11.8 Å². The SMILES string of the molecule is CC1=CC(O)C(C(=O)O)S1. The van der Waals surface area contributed by atoms with Crippen LogP contribution in [0, 0.1) is 0 Å². The van der Waals surface area contributed by atoms with Gasteiger partial charge in [0.1, 0.15) is 5.25 Å². The molecule has 10 heavy (non-hydrogen) atoms. The minimum Gasteiger partial charge on any atom is -0.480 e. The monoisotopic (exact) mass is 160 g/mol. The van der Waals surface area contributed by atoms with Crippen LogP contribution in [-0.4, -0.2) is 27.5 Å². The number of carbonyl (C=O) groups is 1. The summed E-state index contributed by atoms with van der Waals surface area (Å²) in [7, 11) is 0. The number of aliphatic carboxylic acids is 1. The van der Waals surface area contributed by atoms with Crippen LogP contribution in [0.15, 0.2) is 11.0 Å². The van der Waals surface area contributed by atoms with Gasteiger partial charge < -0.3 is 10.2 Å². The van der Waals surface area contributed by atoms with Crippen LogP contribution in [0.4, 0.5) is 0 Å². The van der Waals surface area contributed by atoms with Gasteiger partial charge >= 0.3 is 5.97 Å². The molecular weight excluding hydrogens is 152 g/mol. The Hall–Kier alpha value is -0.480.